The Labute approximate surface area is 188 Å². The first-order valence-electron chi connectivity index (χ1n) is 10.8. The van der Waals surface area contributed by atoms with Crippen molar-refractivity contribution in [2.75, 3.05) is 6.61 Å². The molecule has 162 valence electrons. The smallest absolute Gasteiger partial charge is 0.277 e. The summed E-state index contributed by atoms with van der Waals surface area (Å²) in [6.45, 7) is 6.16. The second-order valence-electron chi connectivity index (χ2n) is 7.74. The van der Waals surface area contributed by atoms with Crippen LogP contribution in [-0.4, -0.2) is 23.3 Å². The van der Waals surface area contributed by atoms with Crippen LogP contribution in [0.5, 0.6) is 5.75 Å². The fourth-order valence-corrected chi connectivity index (χ4v) is 3.87. The molecule has 4 aromatic rings. The summed E-state index contributed by atoms with van der Waals surface area (Å²) >= 11 is 0. The number of hydrogen-bond acceptors (Lipinski definition) is 3. The predicted octanol–water partition coefficient (Wildman–Crippen LogP) is 5.34. The van der Waals surface area contributed by atoms with Crippen LogP contribution in [0.15, 0.2) is 77.9 Å². The molecule has 0 fully saturated rings. The third kappa shape index (κ3) is 4.57. The lowest BCUT2D eigenvalue weighted by Gasteiger charge is -2.10. The van der Waals surface area contributed by atoms with Crippen molar-refractivity contribution in [1.29, 1.82) is 0 Å². The van der Waals surface area contributed by atoms with Gasteiger partial charge in [0.25, 0.3) is 5.91 Å². The molecule has 0 saturated heterocycles. The third-order valence-electron chi connectivity index (χ3n) is 5.57. The van der Waals surface area contributed by atoms with Crippen LogP contribution < -0.4 is 10.2 Å². The molecule has 5 nitrogen and oxygen atoms in total. The number of hydrogen-bond donors (Lipinski definition) is 1. The van der Waals surface area contributed by atoms with Crippen molar-refractivity contribution in [3.8, 4) is 11.4 Å². The van der Waals surface area contributed by atoms with Crippen LogP contribution in [0.4, 0.5) is 0 Å². The number of nitrogens with one attached hydrogen (secondary N) is 1. The number of hydrazone groups is 1. The van der Waals surface area contributed by atoms with Crippen LogP contribution in [0.25, 0.3) is 16.5 Å². The maximum atomic E-state index is 12.2. The Morgan fingerprint density at radius 1 is 1.03 bits per heavy atom. The molecule has 0 spiro atoms. The van der Waals surface area contributed by atoms with Crippen LogP contribution in [0.2, 0.25) is 0 Å². The fraction of sp³-hybridized carbons (Fsp3) is 0.185. The highest BCUT2D eigenvalue weighted by atomic mass is 16.5. The molecule has 0 bridgehead atoms. The van der Waals surface area contributed by atoms with E-state index in [4.69, 9.17) is 4.74 Å². The Morgan fingerprint density at radius 3 is 2.56 bits per heavy atom. The minimum Gasteiger partial charge on any atom is -0.483 e. The van der Waals surface area contributed by atoms with Crippen molar-refractivity contribution in [1.82, 2.24) is 9.99 Å². The summed E-state index contributed by atoms with van der Waals surface area (Å²) in [6.07, 6.45) is 2.70. The Kier molecular flexibility index (Phi) is 6.36. The largest absolute Gasteiger partial charge is 0.483 e. The number of carbonyl (C=O) groups excluding carboxylic acids is 1. The lowest BCUT2D eigenvalue weighted by Crippen LogP contribution is -2.24. The zero-order chi connectivity index (χ0) is 22.5. The van der Waals surface area contributed by atoms with Gasteiger partial charge < -0.3 is 9.30 Å². The van der Waals surface area contributed by atoms with E-state index >= 15 is 0 Å². The molecule has 4 rings (SSSR count). The molecule has 0 radical (unpaired) electrons. The summed E-state index contributed by atoms with van der Waals surface area (Å²) in [4.78, 5) is 12.2. The number of ether oxygens (including phenoxy) is 1. The normalized spacial score (nSPS) is 11.2. The van der Waals surface area contributed by atoms with Crippen molar-refractivity contribution in [2.24, 2.45) is 5.10 Å². The van der Waals surface area contributed by atoms with E-state index in [9.17, 15) is 4.79 Å². The number of aryl methyl sites for hydroxylation is 2. The van der Waals surface area contributed by atoms with Gasteiger partial charge in [0.05, 0.1) is 6.21 Å². The van der Waals surface area contributed by atoms with E-state index in [1.54, 1.807) is 6.21 Å². The minimum atomic E-state index is -0.307. The molecule has 0 aliphatic carbocycles. The number of carbonyl (C=O) groups is 1. The Bertz CT molecular complexity index is 1260. The molecule has 0 saturated carbocycles. The summed E-state index contributed by atoms with van der Waals surface area (Å²) in [7, 11) is 0. The molecule has 5 heteroatoms. The van der Waals surface area contributed by atoms with E-state index in [0.717, 1.165) is 39.8 Å². The molecular formula is C27H27N3O2. The second kappa shape index (κ2) is 9.52. The Hall–Kier alpha value is -3.86. The minimum absolute atomic E-state index is 0.103. The van der Waals surface area contributed by atoms with Gasteiger partial charge in [0, 0.05) is 28.0 Å². The molecule has 1 heterocycles. The van der Waals surface area contributed by atoms with E-state index in [1.807, 2.05) is 49.4 Å². The summed E-state index contributed by atoms with van der Waals surface area (Å²) in [6, 6.07) is 24.3. The highest BCUT2D eigenvalue weighted by Gasteiger charge is 2.10. The van der Waals surface area contributed by atoms with Crippen LogP contribution in [0.1, 0.15) is 29.4 Å². The molecular weight excluding hydrogens is 398 g/mol. The van der Waals surface area contributed by atoms with Crippen LogP contribution in [0.3, 0.4) is 0 Å². The van der Waals surface area contributed by atoms with Gasteiger partial charge >= 0.3 is 0 Å². The van der Waals surface area contributed by atoms with Gasteiger partial charge in [-0.2, -0.15) is 5.10 Å². The van der Waals surface area contributed by atoms with E-state index in [0.29, 0.717) is 5.75 Å². The topological polar surface area (TPSA) is 55.6 Å². The zero-order valence-electron chi connectivity index (χ0n) is 18.6. The zero-order valence-corrected chi connectivity index (χ0v) is 18.6. The second-order valence-corrected chi connectivity index (χ2v) is 7.74. The SMILES string of the molecule is CCc1ccc(-n2c(C)cc(/C=N/NC(=O)COc3cccc4ccccc34)c2C)cc1. The number of amides is 1. The standard InChI is InChI=1S/C27H27N3O2/c1-4-21-12-14-24(15-13-21)30-19(2)16-23(20(30)3)17-28-29-27(31)18-32-26-11-7-9-22-8-5-6-10-25(22)26/h5-17H,4,18H2,1-3H3,(H,29,31)/b28-17+. The van der Waals surface area contributed by atoms with Gasteiger partial charge in [0.1, 0.15) is 5.75 Å². The molecule has 1 amide bonds. The maximum Gasteiger partial charge on any atom is 0.277 e. The van der Waals surface area contributed by atoms with E-state index < -0.39 is 0 Å². The van der Waals surface area contributed by atoms with Crippen LogP contribution in [0, 0.1) is 13.8 Å². The number of fused-ring (bicyclic) bond motifs is 1. The Morgan fingerprint density at radius 2 is 1.78 bits per heavy atom. The summed E-state index contributed by atoms with van der Waals surface area (Å²) < 4.78 is 7.90. The van der Waals surface area contributed by atoms with Gasteiger partial charge in [0.2, 0.25) is 0 Å². The number of aromatic nitrogens is 1. The van der Waals surface area contributed by atoms with Crippen molar-refractivity contribution in [3.63, 3.8) is 0 Å². The first-order valence-corrected chi connectivity index (χ1v) is 10.8. The lowest BCUT2D eigenvalue weighted by atomic mass is 10.1. The van der Waals surface area contributed by atoms with Gasteiger partial charge in [-0.1, -0.05) is 55.5 Å². The first-order chi connectivity index (χ1) is 15.6. The van der Waals surface area contributed by atoms with Crippen LogP contribution in [-0.2, 0) is 11.2 Å². The van der Waals surface area contributed by atoms with E-state index in [-0.39, 0.29) is 12.5 Å². The molecule has 0 aliphatic rings. The molecule has 0 atom stereocenters. The molecule has 1 N–H and O–H groups in total. The molecule has 3 aromatic carbocycles. The fourth-order valence-electron chi connectivity index (χ4n) is 3.87. The quantitative estimate of drug-likeness (QED) is 0.321. The highest BCUT2D eigenvalue weighted by molar-refractivity contribution is 5.89. The maximum absolute atomic E-state index is 12.2. The molecule has 1 aromatic heterocycles. The summed E-state index contributed by atoms with van der Waals surface area (Å²) in [5, 5.41) is 6.18. The van der Waals surface area contributed by atoms with Gasteiger partial charge in [0.15, 0.2) is 6.61 Å². The van der Waals surface area contributed by atoms with Crippen molar-refractivity contribution >= 4 is 22.9 Å². The highest BCUT2D eigenvalue weighted by Crippen LogP contribution is 2.25. The van der Waals surface area contributed by atoms with E-state index in [1.165, 1.54) is 5.56 Å². The van der Waals surface area contributed by atoms with Gasteiger partial charge in [-0.15, -0.1) is 0 Å². The number of nitrogens with zero attached hydrogens (tertiary/aromatic N) is 2. The third-order valence-corrected chi connectivity index (χ3v) is 5.57. The van der Waals surface area contributed by atoms with Crippen molar-refractivity contribution in [2.45, 2.75) is 27.2 Å². The number of benzene rings is 3. The van der Waals surface area contributed by atoms with E-state index in [2.05, 4.69) is 59.3 Å². The van der Waals surface area contributed by atoms with Gasteiger partial charge in [-0.3, -0.25) is 4.79 Å². The summed E-state index contributed by atoms with van der Waals surface area (Å²) in [5.74, 6) is 0.373. The number of rotatable bonds is 7. The molecule has 0 unspecified atom stereocenters. The molecule has 0 aliphatic heterocycles. The Balaban J connectivity index is 1.40. The predicted molar refractivity (Wildman–Crippen MR) is 130 cm³/mol. The molecule has 32 heavy (non-hydrogen) atoms. The van der Waals surface area contributed by atoms with Crippen molar-refractivity contribution in [3.05, 3.63) is 95.3 Å². The average Bonchev–Trinajstić information content (AvgIpc) is 3.10. The monoisotopic (exact) mass is 425 g/mol. The van der Waals surface area contributed by atoms with Crippen molar-refractivity contribution < 1.29 is 9.53 Å². The van der Waals surface area contributed by atoms with Crippen LogP contribution >= 0.6 is 0 Å². The average molecular weight is 426 g/mol. The van der Waals surface area contributed by atoms with Gasteiger partial charge in [-0.25, -0.2) is 5.43 Å². The lowest BCUT2D eigenvalue weighted by molar-refractivity contribution is -0.123. The first kappa shape index (κ1) is 21.4. The van der Waals surface area contributed by atoms with Gasteiger partial charge in [-0.05, 0) is 55.5 Å². The summed E-state index contributed by atoms with van der Waals surface area (Å²) in [5.41, 5.74) is 8.12.